The van der Waals surface area contributed by atoms with Crippen molar-refractivity contribution < 1.29 is 9.53 Å². The molecular weight excluding hydrogens is 771 g/mol. The normalized spacial score (nSPS) is 48.9. The van der Waals surface area contributed by atoms with Crippen molar-refractivity contribution in [1.82, 2.24) is 4.90 Å². The highest BCUT2D eigenvalue weighted by molar-refractivity contribution is 6.83. The van der Waals surface area contributed by atoms with Gasteiger partial charge in [-0.2, -0.15) is 0 Å². The Morgan fingerprint density at radius 3 is 1.34 bits per heavy atom. The SMILES string of the molecule is C[Si]1(C2CCC(C3CCC(C4CC(=O)C5CC(C6CCC(C7CCC(N(C8CCCCC8)C8CCCCC8)CC7)CC6)CCC5O4)CC3)CC2)C2CCCCC2C2CCCCC21. The average molecular weight is 869 g/mol. The lowest BCUT2D eigenvalue weighted by molar-refractivity contribution is -0.162. The lowest BCUT2D eigenvalue weighted by Gasteiger charge is -2.49. The third-order valence-corrected chi connectivity index (χ3v) is 30.7. The van der Waals surface area contributed by atoms with Crippen molar-refractivity contribution in [2.75, 3.05) is 0 Å². The molecule has 9 saturated carbocycles. The van der Waals surface area contributed by atoms with E-state index in [0.29, 0.717) is 11.7 Å². The van der Waals surface area contributed by atoms with Crippen LogP contribution >= 0.6 is 0 Å². The molecule has 2 heterocycles. The molecule has 0 amide bonds. The molecule has 2 aliphatic heterocycles. The standard InChI is InChI=1S/C58H97NO2Si/c1-62(57-18-10-8-16-51(57)52-17-9-11-19-58(52)62)50-35-30-43(31-36-50)41-24-26-45(27-25-41)56-39-54(60)53-38-46(32-37-55(53)61-56)44-22-20-40(21-23-44)42-28-33-49(34-29-42)59(47-12-4-2-5-13-47)48-14-6-3-7-15-48/h40-53,55-58H,2-39H2,1H3. The summed E-state index contributed by atoms with van der Waals surface area (Å²) in [4.78, 5) is 17.2. The topological polar surface area (TPSA) is 29.5 Å². The molecule has 0 radical (unpaired) electrons. The van der Waals surface area contributed by atoms with Crippen LogP contribution in [0.5, 0.6) is 0 Å². The number of carbonyl (C=O) groups is 1. The van der Waals surface area contributed by atoms with Gasteiger partial charge in [0, 0.05) is 30.5 Å². The minimum atomic E-state index is -1.23. The van der Waals surface area contributed by atoms with Crippen molar-refractivity contribution in [3.8, 4) is 0 Å². The van der Waals surface area contributed by atoms with E-state index in [4.69, 9.17) is 4.74 Å². The van der Waals surface area contributed by atoms with E-state index in [2.05, 4.69) is 11.4 Å². The number of ketones is 1. The van der Waals surface area contributed by atoms with E-state index >= 15 is 0 Å². The summed E-state index contributed by atoms with van der Waals surface area (Å²) in [6, 6.07) is 2.71. The van der Waals surface area contributed by atoms with E-state index in [1.807, 2.05) is 0 Å². The summed E-state index contributed by atoms with van der Waals surface area (Å²) < 4.78 is 7.06. The first kappa shape index (κ1) is 44.3. The molecule has 0 bridgehead atoms. The van der Waals surface area contributed by atoms with Gasteiger partial charge in [0.15, 0.2) is 0 Å². The Morgan fingerprint density at radius 1 is 0.403 bits per heavy atom. The van der Waals surface area contributed by atoms with Gasteiger partial charge in [-0.25, -0.2) is 0 Å². The van der Waals surface area contributed by atoms with Crippen LogP contribution in [0.25, 0.3) is 0 Å². The number of carbonyl (C=O) groups excluding carboxylic acids is 1. The Hall–Kier alpha value is -0.193. The Labute approximate surface area is 383 Å². The maximum absolute atomic E-state index is 14.0. The second-order valence-corrected chi connectivity index (χ2v) is 31.1. The lowest BCUT2D eigenvalue weighted by atomic mass is 9.63. The van der Waals surface area contributed by atoms with E-state index in [1.165, 1.54) is 165 Å². The largest absolute Gasteiger partial charge is 0.373 e. The molecule has 0 aromatic heterocycles. The Balaban J connectivity index is 0.610. The lowest BCUT2D eigenvalue weighted by Crippen LogP contribution is -2.52. The number of Topliss-reactive ketones (excluding diaryl/α,β-unsaturated/α-hetero) is 1. The summed E-state index contributed by atoms with van der Waals surface area (Å²) in [5, 5.41) is 0. The number of nitrogens with zero attached hydrogens (tertiary/aromatic N) is 1. The van der Waals surface area contributed by atoms with Crippen LogP contribution in [0.3, 0.4) is 0 Å². The van der Waals surface area contributed by atoms with Crippen LogP contribution in [0, 0.1) is 59.2 Å². The number of fused-ring (bicyclic) bond motifs is 4. The van der Waals surface area contributed by atoms with Crippen molar-refractivity contribution in [2.24, 2.45) is 59.2 Å². The molecule has 0 aromatic carbocycles. The Bertz CT molecular complexity index is 1400. The van der Waals surface area contributed by atoms with E-state index in [0.717, 1.165) is 83.9 Å². The van der Waals surface area contributed by atoms with Crippen LogP contribution in [0.15, 0.2) is 0 Å². The van der Waals surface area contributed by atoms with Crippen LogP contribution in [-0.4, -0.2) is 49.1 Å². The molecule has 8 unspecified atom stereocenters. The first-order valence-electron chi connectivity index (χ1n) is 29.5. The molecule has 0 spiro atoms. The quantitative estimate of drug-likeness (QED) is 0.228. The fourth-order valence-electron chi connectivity index (χ4n) is 20.6. The highest BCUT2D eigenvalue weighted by atomic mass is 28.3. The van der Waals surface area contributed by atoms with Gasteiger partial charge in [-0.1, -0.05) is 122 Å². The summed E-state index contributed by atoms with van der Waals surface area (Å²) >= 11 is 0. The molecule has 62 heavy (non-hydrogen) atoms. The zero-order valence-corrected chi connectivity index (χ0v) is 41.5. The number of ether oxygens (including phenoxy) is 1. The van der Waals surface area contributed by atoms with Crippen molar-refractivity contribution in [1.29, 1.82) is 0 Å². The van der Waals surface area contributed by atoms with E-state index in [1.54, 1.807) is 77.0 Å². The van der Waals surface area contributed by atoms with Gasteiger partial charge in [0.25, 0.3) is 0 Å². The van der Waals surface area contributed by atoms with Crippen LogP contribution in [0.1, 0.15) is 244 Å². The first-order valence-corrected chi connectivity index (χ1v) is 32.2. The molecule has 0 N–H and O–H groups in total. The zero-order chi connectivity index (χ0) is 41.6. The van der Waals surface area contributed by atoms with Crippen LogP contribution in [0.2, 0.25) is 23.2 Å². The molecule has 11 fully saturated rings. The molecule has 350 valence electrons. The van der Waals surface area contributed by atoms with Gasteiger partial charge in [0.2, 0.25) is 0 Å². The fourth-order valence-corrected chi connectivity index (χ4v) is 28.3. The summed E-state index contributed by atoms with van der Waals surface area (Å²) in [6.07, 6.45) is 56.2. The molecule has 4 heteroatoms. The van der Waals surface area contributed by atoms with Crippen molar-refractivity contribution >= 4 is 13.9 Å². The third kappa shape index (κ3) is 8.86. The highest BCUT2D eigenvalue weighted by Gasteiger charge is 2.61. The predicted molar refractivity (Wildman–Crippen MR) is 260 cm³/mol. The summed E-state index contributed by atoms with van der Waals surface area (Å²) in [5.74, 6) is 9.40. The summed E-state index contributed by atoms with van der Waals surface area (Å²) in [7, 11) is -1.23. The average Bonchev–Trinajstić information content (AvgIpc) is 3.61. The minimum Gasteiger partial charge on any atom is -0.373 e. The molecule has 11 rings (SSSR count). The van der Waals surface area contributed by atoms with Gasteiger partial charge >= 0.3 is 0 Å². The molecule has 8 atom stereocenters. The molecule has 0 aromatic rings. The van der Waals surface area contributed by atoms with Gasteiger partial charge in [-0.3, -0.25) is 9.69 Å². The zero-order valence-electron chi connectivity index (χ0n) is 40.5. The molecule has 2 saturated heterocycles. The summed E-state index contributed by atoms with van der Waals surface area (Å²) in [5.41, 5.74) is 3.54. The maximum atomic E-state index is 14.0. The minimum absolute atomic E-state index is 0.221. The number of rotatable bonds is 8. The van der Waals surface area contributed by atoms with E-state index in [9.17, 15) is 4.79 Å². The number of hydrogen-bond donors (Lipinski definition) is 0. The molecule has 9 aliphatic carbocycles. The van der Waals surface area contributed by atoms with Gasteiger partial charge in [0.05, 0.1) is 20.3 Å². The van der Waals surface area contributed by atoms with Gasteiger partial charge in [-0.15, -0.1) is 0 Å². The first-order chi connectivity index (χ1) is 30.5. The van der Waals surface area contributed by atoms with Crippen molar-refractivity contribution in [2.45, 2.75) is 297 Å². The Kier molecular flexibility index (Phi) is 14.2. The Morgan fingerprint density at radius 2 is 0.806 bits per heavy atom. The maximum Gasteiger partial charge on any atom is 0.141 e. The van der Waals surface area contributed by atoms with Gasteiger partial charge in [-0.05, 0) is 192 Å². The van der Waals surface area contributed by atoms with E-state index in [-0.39, 0.29) is 18.1 Å². The highest BCUT2D eigenvalue weighted by Crippen LogP contribution is 2.69. The summed E-state index contributed by atoms with van der Waals surface area (Å²) in [6.45, 7) is 2.99. The number of hydrogen-bond acceptors (Lipinski definition) is 3. The second-order valence-electron chi connectivity index (χ2n) is 26.1. The fraction of sp³-hybridized carbons (Fsp3) is 0.983. The van der Waals surface area contributed by atoms with Crippen molar-refractivity contribution in [3.05, 3.63) is 0 Å². The predicted octanol–water partition coefficient (Wildman–Crippen LogP) is 16.0. The molecular formula is C58H97NO2Si. The molecule has 3 nitrogen and oxygen atoms in total. The second kappa shape index (κ2) is 19.8. The smallest absolute Gasteiger partial charge is 0.141 e. The van der Waals surface area contributed by atoms with Crippen LogP contribution < -0.4 is 0 Å². The third-order valence-electron chi connectivity index (χ3n) is 23.7. The molecule has 11 aliphatic rings. The van der Waals surface area contributed by atoms with Crippen molar-refractivity contribution in [3.63, 3.8) is 0 Å². The van der Waals surface area contributed by atoms with Crippen LogP contribution in [-0.2, 0) is 9.53 Å². The van der Waals surface area contributed by atoms with Gasteiger partial charge in [0.1, 0.15) is 5.78 Å². The monoisotopic (exact) mass is 868 g/mol. The van der Waals surface area contributed by atoms with Gasteiger partial charge < -0.3 is 4.74 Å². The van der Waals surface area contributed by atoms with E-state index < -0.39 is 8.07 Å². The van der Waals surface area contributed by atoms with Crippen LogP contribution in [0.4, 0.5) is 0 Å².